The average molecular weight is 399 g/mol. The SMILES string of the molecule is C#CCn1cc(/C=C2/C(=O)NC(=S)N(c3ccccc3C)C2=O)c2ccccc21. The number of amides is 2. The van der Waals surface area contributed by atoms with Crippen molar-refractivity contribution in [3.63, 3.8) is 0 Å². The van der Waals surface area contributed by atoms with Crippen LogP contribution in [0.15, 0.2) is 60.3 Å². The number of benzene rings is 2. The number of carbonyl (C=O) groups excluding carboxylic acids is 2. The van der Waals surface area contributed by atoms with Gasteiger partial charge in [-0.3, -0.25) is 19.8 Å². The topological polar surface area (TPSA) is 54.3 Å². The van der Waals surface area contributed by atoms with Gasteiger partial charge in [0, 0.05) is 22.7 Å². The number of para-hydroxylation sites is 2. The summed E-state index contributed by atoms with van der Waals surface area (Å²) >= 11 is 5.28. The molecule has 0 saturated carbocycles. The first kappa shape index (κ1) is 18.7. The highest BCUT2D eigenvalue weighted by atomic mass is 32.1. The van der Waals surface area contributed by atoms with Crippen molar-refractivity contribution in [2.24, 2.45) is 0 Å². The Morgan fingerprint density at radius 2 is 1.86 bits per heavy atom. The Labute approximate surface area is 173 Å². The predicted octanol–water partition coefficient (Wildman–Crippen LogP) is 3.41. The molecule has 2 aromatic carbocycles. The van der Waals surface area contributed by atoms with Gasteiger partial charge >= 0.3 is 0 Å². The third kappa shape index (κ3) is 3.22. The fraction of sp³-hybridized carbons (Fsp3) is 0.0870. The Morgan fingerprint density at radius 1 is 1.14 bits per heavy atom. The van der Waals surface area contributed by atoms with E-state index in [0.717, 1.165) is 22.0 Å². The highest BCUT2D eigenvalue weighted by Gasteiger charge is 2.35. The van der Waals surface area contributed by atoms with Crippen molar-refractivity contribution < 1.29 is 9.59 Å². The molecule has 3 aromatic rings. The number of hydrogen-bond acceptors (Lipinski definition) is 3. The molecule has 5 nitrogen and oxygen atoms in total. The van der Waals surface area contributed by atoms with Gasteiger partial charge in [-0.05, 0) is 42.9 Å². The number of thiocarbonyl (C=S) groups is 1. The van der Waals surface area contributed by atoms with Crippen LogP contribution in [0.3, 0.4) is 0 Å². The molecule has 0 unspecified atom stereocenters. The number of aromatic nitrogens is 1. The molecule has 1 N–H and O–H groups in total. The molecule has 29 heavy (non-hydrogen) atoms. The van der Waals surface area contributed by atoms with Gasteiger partial charge in [0.15, 0.2) is 5.11 Å². The third-order valence-electron chi connectivity index (χ3n) is 4.84. The summed E-state index contributed by atoms with van der Waals surface area (Å²) in [5.41, 5.74) is 3.22. The van der Waals surface area contributed by atoms with Gasteiger partial charge in [0.1, 0.15) is 5.57 Å². The number of nitrogens with one attached hydrogen (secondary N) is 1. The van der Waals surface area contributed by atoms with Crippen LogP contribution in [-0.2, 0) is 16.1 Å². The Hall–Kier alpha value is -3.69. The highest BCUT2D eigenvalue weighted by Crippen LogP contribution is 2.27. The third-order valence-corrected chi connectivity index (χ3v) is 5.12. The molecule has 1 aliphatic rings. The van der Waals surface area contributed by atoms with E-state index < -0.39 is 11.8 Å². The maximum absolute atomic E-state index is 13.2. The van der Waals surface area contributed by atoms with E-state index in [1.54, 1.807) is 12.1 Å². The molecule has 1 aliphatic heterocycles. The molecule has 4 rings (SSSR count). The smallest absolute Gasteiger partial charge is 0.270 e. The maximum Gasteiger partial charge on any atom is 0.270 e. The van der Waals surface area contributed by atoms with E-state index in [1.165, 1.54) is 4.90 Å². The molecule has 0 aliphatic carbocycles. The fourth-order valence-electron chi connectivity index (χ4n) is 3.47. The lowest BCUT2D eigenvalue weighted by atomic mass is 10.1. The Balaban J connectivity index is 1.83. The summed E-state index contributed by atoms with van der Waals surface area (Å²) in [5, 5.41) is 3.61. The van der Waals surface area contributed by atoms with E-state index in [1.807, 2.05) is 60.2 Å². The summed E-state index contributed by atoms with van der Waals surface area (Å²) in [6.45, 7) is 2.28. The number of aryl methyl sites for hydroxylation is 1. The summed E-state index contributed by atoms with van der Waals surface area (Å²) in [4.78, 5) is 27.2. The van der Waals surface area contributed by atoms with E-state index in [2.05, 4.69) is 11.2 Å². The van der Waals surface area contributed by atoms with Crippen molar-refractivity contribution >= 4 is 51.8 Å². The molecule has 1 aromatic heterocycles. The Morgan fingerprint density at radius 3 is 2.62 bits per heavy atom. The van der Waals surface area contributed by atoms with E-state index in [9.17, 15) is 9.59 Å². The van der Waals surface area contributed by atoms with Gasteiger partial charge in [-0.25, -0.2) is 0 Å². The van der Waals surface area contributed by atoms with Crippen LogP contribution in [-0.4, -0.2) is 21.5 Å². The molecular formula is C23H17N3O2S. The van der Waals surface area contributed by atoms with Crippen molar-refractivity contribution in [1.29, 1.82) is 0 Å². The van der Waals surface area contributed by atoms with Gasteiger partial charge in [-0.1, -0.05) is 42.3 Å². The quantitative estimate of drug-likeness (QED) is 0.318. The number of rotatable bonds is 3. The van der Waals surface area contributed by atoms with Crippen LogP contribution in [0.4, 0.5) is 5.69 Å². The lowest BCUT2D eigenvalue weighted by molar-refractivity contribution is -0.122. The van der Waals surface area contributed by atoms with Crippen LogP contribution >= 0.6 is 12.2 Å². The number of fused-ring (bicyclic) bond motifs is 1. The van der Waals surface area contributed by atoms with Gasteiger partial charge in [0.05, 0.1) is 12.2 Å². The highest BCUT2D eigenvalue weighted by molar-refractivity contribution is 7.80. The van der Waals surface area contributed by atoms with Gasteiger partial charge in [-0.2, -0.15) is 0 Å². The van der Waals surface area contributed by atoms with Gasteiger partial charge in [0.2, 0.25) is 0 Å². The van der Waals surface area contributed by atoms with Crippen molar-refractivity contribution in [1.82, 2.24) is 9.88 Å². The standard InChI is InChI=1S/C23H17N3O2S/c1-3-12-25-14-16(17-9-5-7-11-20(17)25)13-18-21(27)24-23(29)26(22(18)28)19-10-6-4-8-15(19)2/h1,4-11,13-14H,12H2,2H3,(H,24,27,29)/b18-13-. The molecule has 0 atom stereocenters. The largest absolute Gasteiger partial charge is 0.335 e. The Bertz CT molecular complexity index is 1250. The number of carbonyl (C=O) groups is 2. The first-order valence-corrected chi connectivity index (χ1v) is 9.40. The van der Waals surface area contributed by atoms with Crippen molar-refractivity contribution in [2.45, 2.75) is 13.5 Å². The van der Waals surface area contributed by atoms with Gasteiger partial charge in [-0.15, -0.1) is 6.42 Å². The fourth-order valence-corrected chi connectivity index (χ4v) is 3.74. The zero-order valence-electron chi connectivity index (χ0n) is 15.7. The lowest BCUT2D eigenvalue weighted by Crippen LogP contribution is -2.54. The van der Waals surface area contributed by atoms with Crippen LogP contribution in [0.5, 0.6) is 0 Å². The summed E-state index contributed by atoms with van der Waals surface area (Å²) in [7, 11) is 0. The molecule has 1 saturated heterocycles. The molecule has 0 radical (unpaired) electrons. The number of anilines is 1. The van der Waals surface area contributed by atoms with Crippen LogP contribution < -0.4 is 10.2 Å². The first-order chi connectivity index (χ1) is 14.0. The number of hydrogen-bond donors (Lipinski definition) is 1. The molecule has 142 valence electrons. The monoisotopic (exact) mass is 399 g/mol. The molecule has 2 heterocycles. The van der Waals surface area contributed by atoms with Gasteiger partial charge < -0.3 is 4.57 Å². The summed E-state index contributed by atoms with van der Waals surface area (Å²) in [6.07, 6.45) is 8.92. The molecule has 1 fully saturated rings. The molecule has 0 spiro atoms. The van der Waals surface area contributed by atoms with E-state index in [4.69, 9.17) is 18.6 Å². The molecule has 2 amide bonds. The Kier molecular flexibility index (Phi) is 4.75. The zero-order valence-corrected chi connectivity index (χ0v) is 16.5. The normalized spacial score (nSPS) is 15.7. The summed E-state index contributed by atoms with van der Waals surface area (Å²) in [5.74, 6) is 1.65. The van der Waals surface area contributed by atoms with Crippen LogP contribution in [0, 0.1) is 19.3 Å². The molecule has 6 heteroatoms. The summed E-state index contributed by atoms with van der Waals surface area (Å²) < 4.78 is 1.91. The molecule has 0 bridgehead atoms. The number of terminal acetylenes is 1. The second-order valence-electron chi connectivity index (χ2n) is 6.68. The van der Waals surface area contributed by atoms with Crippen molar-refractivity contribution in [3.8, 4) is 12.3 Å². The minimum Gasteiger partial charge on any atom is -0.335 e. The first-order valence-electron chi connectivity index (χ1n) is 8.99. The van der Waals surface area contributed by atoms with E-state index in [0.29, 0.717) is 12.2 Å². The molecular weight excluding hydrogens is 382 g/mol. The van der Waals surface area contributed by atoms with E-state index in [-0.39, 0.29) is 10.7 Å². The number of nitrogens with zero attached hydrogens (tertiary/aromatic N) is 2. The minimum atomic E-state index is -0.515. The lowest BCUT2D eigenvalue weighted by Gasteiger charge is -2.29. The second kappa shape index (κ2) is 7.38. The van der Waals surface area contributed by atoms with Crippen molar-refractivity contribution in [3.05, 3.63) is 71.4 Å². The van der Waals surface area contributed by atoms with Gasteiger partial charge in [0.25, 0.3) is 11.8 Å². The maximum atomic E-state index is 13.2. The van der Waals surface area contributed by atoms with Crippen LogP contribution in [0.1, 0.15) is 11.1 Å². The second-order valence-corrected chi connectivity index (χ2v) is 7.06. The zero-order chi connectivity index (χ0) is 20.5. The van der Waals surface area contributed by atoms with Crippen LogP contribution in [0.25, 0.3) is 17.0 Å². The average Bonchev–Trinajstić information content (AvgIpc) is 3.04. The summed E-state index contributed by atoms with van der Waals surface area (Å²) in [6, 6.07) is 15.1. The van der Waals surface area contributed by atoms with Crippen LogP contribution in [0.2, 0.25) is 0 Å². The van der Waals surface area contributed by atoms with Crippen molar-refractivity contribution in [2.75, 3.05) is 4.90 Å². The van der Waals surface area contributed by atoms with E-state index >= 15 is 0 Å². The minimum absolute atomic E-state index is 0.0189. The predicted molar refractivity (Wildman–Crippen MR) is 118 cm³/mol.